The number of rotatable bonds is 0. The Balaban J connectivity index is -0.00000000500. The molecule has 0 N–H and O–H groups in total. The van der Waals surface area contributed by atoms with Gasteiger partial charge in [0.1, 0.15) is 9.12 Å². The van der Waals surface area contributed by atoms with Crippen LogP contribution in [0.25, 0.3) is 0 Å². The third-order valence-corrected chi connectivity index (χ3v) is 0. The Bertz CT molecular complexity index is 8.00. The molecule has 4 heavy (non-hydrogen) atoms. The van der Waals surface area contributed by atoms with Crippen molar-refractivity contribution in [1.82, 2.24) is 0 Å². The fourth-order valence-corrected chi connectivity index (χ4v) is 0. The van der Waals surface area contributed by atoms with E-state index < -0.39 is 0 Å². The molecule has 24 valence electrons. The molecule has 0 amide bonds. The van der Waals surface area contributed by atoms with Gasteiger partial charge in [0.2, 0.25) is 0 Å². The van der Waals surface area contributed by atoms with Crippen molar-refractivity contribution in [2.75, 3.05) is 0 Å². The summed E-state index contributed by atoms with van der Waals surface area (Å²) < 4.78 is 8.06. The Kier molecular flexibility index (Phi) is 147. The molecular formula is H4AlCrOP. The molecule has 0 spiro atoms. The Hall–Kier alpha value is 1.16. The van der Waals surface area contributed by atoms with Gasteiger partial charge >= 0.3 is 0 Å². The maximum atomic E-state index is 8.06. The standard InChI is InChI=1S/Al.Cr.HOP.3H/c;;1-2;;;/h;;2H;;;. The van der Waals surface area contributed by atoms with E-state index in [0.717, 1.165) is 0 Å². The Morgan fingerprint density at radius 3 is 1.25 bits per heavy atom. The molecule has 1 nitrogen and oxygen atoms in total. The summed E-state index contributed by atoms with van der Waals surface area (Å²) in [5.74, 6) is 0. The predicted molar refractivity (Wildman–Crippen MR) is 18.9 cm³/mol. The van der Waals surface area contributed by atoms with Crippen molar-refractivity contribution in [3.63, 3.8) is 0 Å². The van der Waals surface area contributed by atoms with Crippen LogP contribution in [0.5, 0.6) is 0 Å². The molecule has 0 aromatic rings. The normalized spacial score (nSPS) is 1.00. The molecule has 0 saturated carbocycles. The van der Waals surface area contributed by atoms with Crippen LogP contribution in [0.1, 0.15) is 0 Å². The first kappa shape index (κ1) is 19.1. The maximum Gasteiger partial charge on any atom is 0.187 e. The summed E-state index contributed by atoms with van der Waals surface area (Å²) in [4.78, 5) is 0. The van der Waals surface area contributed by atoms with E-state index in [1.807, 2.05) is 0 Å². The fraction of sp³-hybridized carbons (Fsp3) is 0. The minimum atomic E-state index is 0. The molecule has 0 saturated heterocycles. The van der Waals surface area contributed by atoms with Gasteiger partial charge in [-0.05, 0) is 0 Å². The molecule has 0 heterocycles. The molecule has 0 bridgehead atoms. The molecule has 4 heteroatoms. The number of hydrogen-bond acceptors (Lipinski definition) is 1. The third-order valence-electron chi connectivity index (χ3n) is 0. The van der Waals surface area contributed by atoms with Crippen LogP contribution < -0.4 is 0 Å². The van der Waals surface area contributed by atoms with Gasteiger partial charge in [-0.2, -0.15) is 0 Å². The smallest absolute Gasteiger partial charge is 0.187 e. The van der Waals surface area contributed by atoms with Crippen molar-refractivity contribution < 1.29 is 21.9 Å². The Morgan fingerprint density at radius 2 is 1.25 bits per heavy atom. The van der Waals surface area contributed by atoms with Crippen LogP contribution in [0.4, 0.5) is 0 Å². The van der Waals surface area contributed by atoms with Gasteiger partial charge in [-0.1, -0.05) is 0 Å². The van der Waals surface area contributed by atoms with Crippen LogP contribution in [0.2, 0.25) is 0 Å². The summed E-state index contributed by atoms with van der Waals surface area (Å²) in [6.07, 6.45) is 0. The molecule has 0 unspecified atom stereocenters. The summed E-state index contributed by atoms with van der Waals surface area (Å²) in [5, 5.41) is 0. The van der Waals surface area contributed by atoms with Crippen LogP contribution in [0, 0.1) is 0 Å². The van der Waals surface area contributed by atoms with Gasteiger partial charge in [0.25, 0.3) is 0 Å². The van der Waals surface area contributed by atoms with Gasteiger partial charge in [0.15, 0.2) is 17.4 Å². The first-order valence-electron chi connectivity index (χ1n) is 0.204. The molecule has 0 aliphatic carbocycles. The molecule has 0 aliphatic heterocycles. The van der Waals surface area contributed by atoms with E-state index in [0.29, 0.717) is 0 Å². The molecule has 0 radical (unpaired) electrons. The van der Waals surface area contributed by atoms with Crippen molar-refractivity contribution in [2.45, 2.75) is 0 Å². The monoisotopic (exact) mass is 130 g/mol. The molecule has 0 atom stereocenters. The van der Waals surface area contributed by atoms with E-state index in [-0.39, 0.29) is 34.7 Å². The van der Waals surface area contributed by atoms with Crippen molar-refractivity contribution in [3.8, 4) is 0 Å². The molecule has 0 aliphatic rings. The summed E-state index contributed by atoms with van der Waals surface area (Å²) >= 11 is 0. The zero-order chi connectivity index (χ0) is 2.00. The second-order valence-corrected chi connectivity index (χ2v) is 0. The van der Waals surface area contributed by atoms with Gasteiger partial charge in [-0.15, -0.1) is 0 Å². The van der Waals surface area contributed by atoms with E-state index in [2.05, 4.69) is 0 Å². The van der Waals surface area contributed by atoms with Crippen molar-refractivity contribution >= 4 is 26.5 Å². The van der Waals surface area contributed by atoms with E-state index in [1.54, 1.807) is 9.12 Å². The zero-order valence-electron chi connectivity index (χ0n) is 1.32. The summed E-state index contributed by atoms with van der Waals surface area (Å²) in [7, 11) is 1.72. The zero-order valence-corrected chi connectivity index (χ0v) is 3.59. The molecule has 0 aromatic carbocycles. The largest absolute Gasteiger partial charge is 0.279 e. The third kappa shape index (κ3) is 10.9. The van der Waals surface area contributed by atoms with E-state index in [9.17, 15) is 0 Å². The molecular weight excluding hydrogens is 126 g/mol. The van der Waals surface area contributed by atoms with Crippen molar-refractivity contribution in [3.05, 3.63) is 0 Å². The summed E-state index contributed by atoms with van der Waals surface area (Å²) in [6.45, 7) is 0. The maximum absolute atomic E-state index is 8.06. The average molecular weight is 130 g/mol. The van der Waals surface area contributed by atoms with E-state index >= 15 is 0 Å². The van der Waals surface area contributed by atoms with Gasteiger partial charge in [0.05, 0.1) is 0 Å². The molecule has 0 fully saturated rings. The molecule has 0 aromatic heterocycles. The first-order chi connectivity index (χ1) is 1.00. The van der Waals surface area contributed by atoms with Crippen LogP contribution in [0.3, 0.4) is 0 Å². The second kappa shape index (κ2) is 30.7. The van der Waals surface area contributed by atoms with E-state index in [4.69, 9.17) is 4.57 Å². The summed E-state index contributed by atoms with van der Waals surface area (Å²) in [6, 6.07) is 0. The summed E-state index contributed by atoms with van der Waals surface area (Å²) in [5.41, 5.74) is 0. The second-order valence-electron chi connectivity index (χ2n) is 0. The number of hydrogen-bond donors (Lipinski definition) is 0. The van der Waals surface area contributed by atoms with E-state index in [1.165, 1.54) is 0 Å². The van der Waals surface area contributed by atoms with Crippen molar-refractivity contribution in [2.24, 2.45) is 0 Å². The van der Waals surface area contributed by atoms with Crippen molar-refractivity contribution in [1.29, 1.82) is 0 Å². The van der Waals surface area contributed by atoms with Crippen LogP contribution in [-0.4, -0.2) is 17.4 Å². The van der Waals surface area contributed by atoms with Crippen LogP contribution >= 0.6 is 9.12 Å². The average Bonchev–Trinajstić information content (AvgIpc) is 1.00. The fourth-order valence-electron chi connectivity index (χ4n) is 0. The minimum Gasteiger partial charge on any atom is -0.279 e. The Labute approximate surface area is 48.7 Å². The minimum absolute atomic E-state index is 0. The molecule has 0 rings (SSSR count). The van der Waals surface area contributed by atoms with Gasteiger partial charge in [-0.3, -0.25) is 4.57 Å². The quantitative estimate of drug-likeness (QED) is 0.312. The van der Waals surface area contributed by atoms with Gasteiger partial charge in [-0.25, -0.2) is 0 Å². The Morgan fingerprint density at radius 1 is 1.25 bits per heavy atom. The first-order valence-corrected chi connectivity index (χ1v) is 0.612. The van der Waals surface area contributed by atoms with Crippen LogP contribution in [0.15, 0.2) is 0 Å². The SMILES string of the molecule is O=P.[AlH3].[Cr]. The van der Waals surface area contributed by atoms with Gasteiger partial charge < -0.3 is 0 Å². The van der Waals surface area contributed by atoms with Gasteiger partial charge in [0, 0.05) is 17.4 Å². The topological polar surface area (TPSA) is 17.1 Å². The predicted octanol–water partition coefficient (Wildman–Crippen LogP) is -0.712. The van der Waals surface area contributed by atoms with Crippen LogP contribution in [-0.2, 0) is 21.9 Å².